The zero-order valence-electron chi connectivity index (χ0n) is 14.6. The van der Waals surface area contributed by atoms with Gasteiger partial charge in [0, 0.05) is 11.1 Å². The molecule has 0 saturated carbocycles. The van der Waals surface area contributed by atoms with Crippen LogP contribution < -0.4 is 10.6 Å². The van der Waals surface area contributed by atoms with Gasteiger partial charge >= 0.3 is 0 Å². The first kappa shape index (κ1) is 18.3. The van der Waals surface area contributed by atoms with E-state index in [4.69, 9.17) is 4.42 Å². The lowest BCUT2D eigenvalue weighted by molar-refractivity contribution is -0.120. The third-order valence-electron chi connectivity index (χ3n) is 3.85. The molecule has 7 heteroatoms. The Bertz CT molecular complexity index is 923. The van der Waals surface area contributed by atoms with E-state index in [1.807, 2.05) is 6.07 Å². The molecule has 0 fully saturated rings. The lowest BCUT2D eigenvalue weighted by Gasteiger charge is -2.11. The Morgan fingerprint density at radius 3 is 2.52 bits per heavy atom. The maximum Gasteiger partial charge on any atom is 0.251 e. The van der Waals surface area contributed by atoms with Gasteiger partial charge in [-0.2, -0.15) is 0 Å². The van der Waals surface area contributed by atoms with Crippen LogP contribution in [0.15, 0.2) is 65.2 Å². The number of rotatable bonds is 6. The summed E-state index contributed by atoms with van der Waals surface area (Å²) in [6, 6.07) is 14.0. The van der Waals surface area contributed by atoms with E-state index in [0.717, 1.165) is 0 Å². The number of nitrogens with zero attached hydrogens (tertiary/aromatic N) is 1. The third-order valence-corrected chi connectivity index (χ3v) is 3.85. The molecule has 2 amide bonds. The number of carbonyl (C=O) groups excluding carboxylic acids is 2. The molecule has 1 heterocycles. The predicted molar refractivity (Wildman–Crippen MR) is 97.2 cm³/mol. The molecule has 0 aliphatic carbocycles. The summed E-state index contributed by atoms with van der Waals surface area (Å²) in [5.74, 6) is -0.237. The van der Waals surface area contributed by atoms with Gasteiger partial charge in [-0.25, -0.2) is 9.37 Å². The van der Waals surface area contributed by atoms with Gasteiger partial charge < -0.3 is 15.1 Å². The molecule has 0 aliphatic rings. The molecule has 1 atom stereocenters. The molecular weight excluding hydrogens is 349 g/mol. The SMILES string of the molecule is CC(NC(=O)CNC(=O)c1ccccc1)c1ncc(-c2ccc(F)cc2)o1. The molecule has 2 N–H and O–H groups in total. The van der Waals surface area contributed by atoms with Crippen LogP contribution in [0.5, 0.6) is 0 Å². The van der Waals surface area contributed by atoms with E-state index in [-0.39, 0.29) is 24.2 Å². The second-order valence-corrected chi connectivity index (χ2v) is 5.91. The summed E-state index contributed by atoms with van der Waals surface area (Å²) in [6.07, 6.45) is 1.52. The Balaban J connectivity index is 1.54. The molecule has 27 heavy (non-hydrogen) atoms. The van der Waals surface area contributed by atoms with E-state index in [0.29, 0.717) is 22.8 Å². The number of carbonyl (C=O) groups is 2. The molecule has 138 valence electrons. The molecule has 6 nitrogen and oxygen atoms in total. The lowest BCUT2D eigenvalue weighted by Crippen LogP contribution is -2.38. The van der Waals surface area contributed by atoms with Crippen molar-refractivity contribution in [3.05, 3.63) is 78.1 Å². The summed E-state index contributed by atoms with van der Waals surface area (Å²) < 4.78 is 18.6. The van der Waals surface area contributed by atoms with Gasteiger partial charge in [0.15, 0.2) is 5.76 Å². The molecule has 0 bridgehead atoms. The fourth-order valence-electron chi connectivity index (χ4n) is 2.44. The summed E-state index contributed by atoms with van der Waals surface area (Å²) in [5.41, 5.74) is 1.17. The summed E-state index contributed by atoms with van der Waals surface area (Å²) in [5, 5.41) is 5.26. The van der Waals surface area contributed by atoms with E-state index in [1.165, 1.54) is 18.3 Å². The Labute approximate surface area is 155 Å². The topological polar surface area (TPSA) is 84.2 Å². The molecule has 2 aromatic carbocycles. The lowest BCUT2D eigenvalue weighted by atomic mass is 10.2. The van der Waals surface area contributed by atoms with Gasteiger partial charge in [0.25, 0.3) is 5.91 Å². The molecular formula is C20H18FN3O3. The van der Waals surface area contributed by atoms with Crippen molar-refractivity contribution in [2.45, 2.75) is 13.0 Å². The van der Waals surface area contributed by atoms with E-state index >= 15 is 0 Å². The van der Waals surface area contributed by atoms with Crippen LogP contribution in [0.1, 0.15) is 29.2 Å². The fourth-order valence-corrected chi connectivity index (χ4v) is 2.44. The highest BCUT2D eigenvalue weighted by atomic mass is 19.1. The number of hydrogen-bond acceptors (Lipinski definition) is 4. The van der Waals surface area contributed by atoms with Gasteiger partial charge in [-0.3, -0.25) is 9.59 Å². The van der Waals surface area contributed by atoms with Crippen molar-refractivity contribution >= 4 is 11.8 Å². The second-order valence-electron chi connectivity index (χ2n) is 5.91. The zero-order valence-corrected chi connectivity index (χ0v) is 14.6. The second kappa shape index (κ2) is 8.27. The normalized spacial score (nSPS) is 11.6. The molecule has 0 aliphatic heterocycles. The number of benzene rings is 2. The number of hydrogen-bond donors (Lipinski definition) is 2. The zero-order chi connectivity index (χ0) is 19.2. The summed E-state index contributed by atoms with van der Waals surface area (Å²) in [6.45, 7) is 1.56. The monoisotopic (exact) mass is 367 g/mol. The molecule has 3 rings (SSSR count). The minimum atomic E-state index is -0.486. The maximum absolute atomic E-state index is 13.0. The number of oxazole rings is 1. The highest BCUT2D eigenvalue weighted by Gasteiger charge is 2.16. The molecule has 3 aromatic rings. The average molecular weight is 367 g/mol. The fraction of sp³-hybridized carbons (Fsp3) is 0.150. The van der Waals surface area contributed by atoms with Crippen LogP contribution in [0.25, 0.3) is 11.3 Å². The van der Waals surface area contributed by atoms with Crippen molar-refractivity contribution in [3.63, 3.8) is 0 Å². The first-order chi connectivity index (χ1) is 13.0. The van der Waals surface area contributed by atoms with Crippen molar-refractivity contribution < 1.29 is 18.4 Å². The number of amides is 2. The van der Waals surface area contributed by atoms with Crippen molar-refractivity contribution in [2.24, 2.45) is 0 Å². The van der Waals surface area contributed by atoms with Gasteiger partial charge in [-0.05, 0) is 43.3 Å². The van der Waals surface area contributed by atoms with E-state index in [2.05, 4.69) is 15.6 Å². The maximum atomic E-state index is 13.0. The Morgan fingerprint density at radius 2 is 1.81 bits per heavy atom. The smallest absolute Gasteiger partial charge is 0.251 e. The first-order valence-corrected chi connectivity index (χ1v) is 8.37. The van der Waals surface area contributed by atoms with Crippen LogP contribution in [0.2, 0.25) is 0 Å². The van der Waals surface area contributed by atoms with Crippen molar-refractivity contribution in [1.82, 2.24) is 15.6 Å². The van der Waals surface area contributed by atoms with Crippen molar-refractivity contribution in [3.8, 4) is 11.3 Å². The van der Waals surface area contributed by atoms with E-state index in [1.54, 1.807) is 43.3 Å². The number of aromatic nitrogens is 1. The van der Waals surface area contributed by atoms with Crippen LogP contribution in [-0.4, -0.2) is 23.3 Å². The van der Waals surface area contributed by atoms with Crippen LogP contribution in [-0.2, 0) is 4.79 Å². The molecule has 0 radical (unpaired) electrons. The minimum Gasteiger partial charge on any atom is -0.438 e. The quantitative estimate of drug-likeness (QED) is 0.701. The summed E-state index contributed by atoms with van der Waals surface area (Å²) >= 11 is 0. The Hall–Kier alpha value is -3.48. The van der Waals surface area contributed by atoms with Crippen molar-refractivity contribution in [1.29, 1.82) is 0 Å². The standard InChI is InChI=1S/C20H18FN3O3/c1-13(20-23-11-17(27-20)14-7-9-16(21)10-8-14)24-18(25)12-22-19(26)15-5-3-2-4-6-15/h2-11,13H,12H2,1H3,(H,22,26)(H,24,25). The van der Waals surface area contributed by atoms with E-state index < -0.39 is 6.04 Å². The van der Waals surface area contributed by atoms with Crippen molar-refractivity contribution in [2.75, 3.05) is 6.54 Å². The van der Waals surface area contributed by atoms with Crippen LogP contribution in [0, 0.1) is 5.82 Å². The van der Waals surface area contributed by atoms with Gasteiger partial charge in [0.1, 0.15) is 11.9 Å². The summed E-state index contributed by atoms with van der Waals surface area (Å²) in [7, 11) is 0. The summed E-state index contributed by atoms with van der Waals surface area (Å²) in [4.78, 5) is 28.1. The molecule has 0 saturated heterocycles. The van der Waals surface area contributed by atoms with Gasteiger partial charge in [0.2, 0.25) is 11.8 Å². The first-order valence-electron chi connectivity index (χ1n) is 8.37. The number of nitrogens with one attached hydrogen (secondary N) is 2. The van der Waals surface area contributed by atoms with E-state index in [9.17, 15) is 14.0 Å². The molecule has 0 spiro atoms. The molecule has 1 unspecified atom stereocenters. The predicted octanol–water partition coefficient (Wildman–Crippen LogP) is 3.09. The van der Waals surface area contributed by atoms with Gasteiger partial charge in [-0.15, -0.1) is 0 Å². The number of halogens is 1. The minimum absolute atomic E-state index is 0.163. The highest BCUT2D eigenvalue weighted by Crippen LogP contribution is 2.23. The van der Waals surface area contributed by atoms with Crippen LogP contribution in [0.4, 0.5) is 4.39 Å². The Kier molecular flexibility index (Phi) is 5.61. The highest BCUT2D eigenvalue weighted by molar-refractivity contribution is 5.96. The third kappa shape index (κ3) is 4.78. The Morgan fingerprint density at radius 1 is 1.11 bits per heavy atom. The van der Waals surface area contributed by atoms with Gasteiger partial charge in [0.05, 0.1) is 12.7 Å². The largest absolute Gasteiger partial charge is 0.438 e. The molecule has 1 aromatic heterocycles. The van der Waals surface area contributed by atoms with Gasteiger partial charge in [-0.1, -0.05) is 18.2 Å². The van der Waals surface area contributed by atoms with Crippen LogP contribution >= 0.6 is 0 Å². The average Bonchev–Trinajstić information content (AvgIpc) is 3.18. The van der Waals surface area contributed by atoms with Crippen LogP contribution in [0.3, 0.4) is 0 Å².